The average Bonchev–Trinajstić information content (AvgIpc) is 3.33. The van der Waals surface area contributed by atoms with E-state index in [2.05, 4.69) is 22.3 Å². The highest BCUT2D eigenvalue weighted by molar-refractivity contribution is 8.01. The van der Waals surface area contributed by atoms with Crippen molar-refractivity contribution in [3.05, 3.63) is 64.4 Å². The van der Waals surface area contributed by atoms with E-state index < -0.39 is 0 Å². The quantitative estimate of drug-likeness (QED) is 0.799. The second kappa shape index (κ2) is 8.21. The largest absolute Gasteiger partial charge is 0.353 e. The van der Waals surface area contributed by atoms with Crippen LogP contribution in [0.3, 0.4) is 0 Å². The number of likely N-dealkylation sites (tertiary alicyclic amines) is 1. The molecule has 0 bridgehead atoms. The van der Waals surface area contributed by atoms with Crippen LogP contribution in [0.15, 0.2) is 47.4 Å². The van der Waals surface area contributed by atoms with Crippen molar-refractivity contribution in [1.82, 2.24) is 10.2 Å². The molecule has 2 aromatic carbocycles. The van der Waals surface area contributed by atoms with Gasteiger partial charge in [-0.2, -0.15) is 0 Å². The molecule has 1 fully saturated rings. The number of carbonyl (C=O) groups excluding carboxylic acids is 1. The fourth-order valence-electron chi connectivity index (χ4n) is 3.94. The van der Waals surface area contributed by atoms with Crippen LogP contribution in [0.5, 0.6) is 0 Å². The predicted molar refractivity (Wildman–Crippen MR) is 108 cm³/mol. The Bertz CT molecular complexity index is 795. The lowest BCUT2D eigenvalue weighted by Gasteiger charge is -2.29. The number of benzene rings is 2. The minimum Gasteiger partial charge on any atom is -0.353 e. The molecule has 0 radical (unpaired) electrons. The third-order valence-electron chi connectivity index (χ3n) is 5.32. The van der Waals surface area contributed by atoms with Gasteiger partial charge >= 0.3 is 0 Å². The van der Waals surface area contributed by atoms with Gasteiger partial charge in [-0.05, 0) is 56.1 Å². The number of nitrogens with one attached hydrogen (secondary N) is 1. The van der Waals surface area contributed by atoms with E-state index in [1.165, 1.54) is 16.5 Å². The van der Waals surface area contributed by atoms with Crippen molar-refractivity contribution in [3.8, 4) is 0 Å². The summed E-state index contributed by atoms with van der Waals surface area (Å²) < 4.78 is 14.5. The molecular weight excluding hydrogens is 383 g/mol. The van der Waals surface area contributed by atoms with Crippen LogP contribution in [0.25, 0.3) is 0 Å². The first-order chi connectivity index (χ1) is 13.1. The van der Waals surface area contributed by atoms with Crippen LogP contribution >= 0.6 is 23.4 Å². The molecule has 3 nitrogen and oxygen atoms in total. The van der Waals surface area contributed by atoms with E-state index in [0.717, 1.165) is 32.4 Å². The van der Waals surface area contributed by atoms with Crippen LogP contribution in [-0.4, -0.2) is 35.7 Å². The summed E-state index contributed by atoms with van der Waals surface area (Å²) >= 11 is 7.93. The van der Waals surface area contributed by atoms with Crippen molar-refractivity contribution >= 4 is 29.3 Å². The number of carbonyl (C=O) groups is 1. The molecular formula is C21H22ClFN2OS. The Morgan fingerprint density at radius 2 is 2.00 bits per heavy atom. The minimum absolute atomic E-state index is 0.00728. The summed E-state index contributed by atoms with van der Waals surface area (Å²) in [4.78, 5) is 16.2. The van der Waals surface area contributed by atoms with Gasteiger partial charge in [-0.15, -0.1) is 11.8 Å². The smallest absolute Gasteiger partial charge is 0.233 e. The summed E-state index contributed by atoms with van der Waals surface area (Å²) in [5.41, 5.74) is 1.71. The number of amides is 1. The summed E-state index contributed by atoms with van der Waals surface area (Å²) in [5.74, 6) is -0.302. The normalized spacial score (nSPS) is 20.4. The summed E-state index contributed by atoms with van der Waals surface area (Å²) in [6, 6.07) is 12.7. The third-order valence-corrected chi connectivity index (χ3v) is 6.97. The molecule has 6 heteroatoms. The van der Waals surface area contributed by atoms with Crippen LogP contribution in [-0.2, 0) is 11.2 Å². The SMILES string of the molecule is O=C(NCC(c1c(F)cccc1Cl)N1CCCC1)C1Cc2ccccc2S1. The van der Waals surface area contributed by atoms with E-state index in [4.69, 9.17) is 11.6 Å². The van der Waals surface area contributed by atoms with Crippen LogP contribution in [0, 0.1) is 5.82 Å². The second-order valence-corrected chi connectivity index (χ2v) is 8.71. The topological polar surface area (TPSA) is 32.3 Å². The summed E-state index contributed by atoms with van der Waals surface area (Å²) in [5, 5.41) is 3.36. The standard InChI is InChI=1S/C21H22ClFN2OS/c22-15-7-5-8-16(23)20(15)17(25-10-3-4-11-25)13-24-21(26)19-12-14-6-1-2-9-18(14)27-19/h1-2,5-9,17,19H,3-4,10-13H2,(H,24,26). The number of halogens is 2. The number of rotatable bonds is 5. The van der Waals surface area contributed by atoms with Crippen LogP contribution in [0.1, 0.15) is 30.0 Å². The fourth-order valence-corrected chi connectivity index (χ4v) is 5.44. The Kier molecular flexibility index (Phi) is 5.71. The highest BCUT2D eigenvalue weighted by Crippen LogP contribution is 2.37. The molecule has 4 rings (SSSR count). The molecule has 2 aliphatic heterocycles. The van der Waals surface area contributed by atoms with Gasteiger partial charge in [-0.1, -0.05) is 35.9 Å². The maximum atomic E-state index is 14.5. The van der Waals surface area contributed by atoms with Crippen molar-refractivity contribution in [3.63, 3.8) is 0 Å². The van der Waals surface area contributed by atoms with Gasteiger partial charge in [0.05, 0.1) is 11.3 Å². The van der Waals surface area contributed by atoms with Crippen LogP contribution in [0.4, 0.5) is 4.39 Å². The fraction of sp³-hybridized carbons (Fsp3) is 0.381. The summed E-state index contributed by atoms with van der Waals surface area (Å²) in [6.07, 6.45) is 2.91. The molecule has 1 saturated heterocycles. The van der Waals surface area contributed by atoms with Gasteiger partial charge in [0.2, 0.25) is 5.91 Å². The maximum absolute atomic E-state index is 14.5. The van der Waals surface area contributed by atoms with Gasteiger partial charge in [0, 0.05) is 22.0 Å². The Morgan fingerprint density at radius 3 is 2.74 bits per heavy atom. The Labute approximate surface area is 168 Å². The number of fused-ring (bicyclic) bond motifs is 1. The third kappa shape index (κ3) is 4.00. The molecule has 0 saturated carbocycles. The van der Waals surface area contributed by atoms with Gasteiger partial charge in [0.25, 0.3) is 0 Å². The molecule has 2 unspecified atom stereocenters. The van der Waals surface area contributed by atoms with Crippen molar-refractivity contribution in [1.29, 1.82) is 0 Å². The Balaban J connectivity index is 1.47. The highest BCUT2D eigenvalue weighted by Gasteiger charge is 2.31. The van der Waals surface area contributed by atoms with E-state index in [-0.39, 0.29) is 23.0 Å². The highest BCUT2D eigenvalue weighted by atomic mass is 35.5. The molecule has 27 heavy (non-hydrogen) atoms. The van der Waals surface area contributed by atoms with Crippen molar-refractivity contribution in [2.45, 2.75) is 35.4 Å². The molecule has 2 heterocycles. The molecule has 2 aromatic rings. The molecule has 142 valence electrons. The zero-order valence-corrected chi connectivity index (χ0v) is 16.5. The Morgan fingerprint density at radius 1 is 1.22 bits per heavy atom. The molecule has 2 atom stereocenters. The van der Waals surface area contributed by atoms with E-state index in [9.17, 15) is 9.18 Å². The Hall–Kier alpha value is -1.56. The first kappa shape index (κ1) is 18.8. The summed E-state index contributed by atoms with van der Waals surface area (Å²) in [6.45, 7) is 2.16. The molecule has 2 aliphatic rings. The van der Waals surface area contributed by atoms with Crippen molar-refractivity contribution in [2.24, 2.45) is 0 Å². The lowest BCUT2D eigenvalue weighted by atomic mass is 10.0. The average molecular weight is 405 g/mol. The monoisotopic (exact) mass is 404 g/mol. The number of nitrogens with zero attached hydrogens (tertiary/aromatic N) is 1. The first-order valence-electron chi connectivity index (χ1n) is 9.33. The number of hydrogen-bond donors (Lipinski definition) is 1. The lowest BCUT2D eigenvalue weighted by molar-refractivity contribution is -0.120. The molecule has 0 spiro atoms. The van der Waals surface area contributed by atoms with Crippen LogP contribution < -0.4 is 5.32 Å². The first-order valence-corrected chi connectivity index (χ1v) is 10.6. The van der Waals surface area contributed by atoms with Gasteiger partial charge in [-0.3, -0.25) is 9.69 Å². The van der Waals surface area contributed by atoms with Crippen LogP contribution in [0.2, 0.25) is 5.02 Å². The molecule has 0 aromatic heterocycles. The maximum Gasteiger partial charge on any atom is 0.233 e. The van der Waals surface area contributed by atoms with E-state index in [1.54, 1.807) is 23.9 Å². The van der Waals surface area contributed by atoms with Gasteiger partial charge in [0.1, 0.15) is 5.82 Å². The molecule has 1 N–H and O–H groups in total. The number of thioether (sulfide) groups is 1. The summed E-state index contributed by atoms with van der Waals surface area (Å²) in [7, 11) is 0. The van der Waals surface area contributed by atoms with Crippen molar-refractivity contribution < 1.29 is 9.18 Å². The zero-order valence-electron chi connectivity index (χ0n) is 15.0. The van der Waals surface area contributed by atoms with E-state index in [0.29, 0.717) is 17.1 Å². The lowest BCUT2D eigenvalue weighted by Crippen LogP contribution is -2.40. The van der Waals surface area contributed by atoms with Crippen molar-refractivity contribution in [2.75, 3.05) is 19.6 Å². The number of hydrogen-bond acceptors (Lipinski definition) is 3. The van der Waals surface area contributed by atoms with Gasteiger partial charge in [0.15, 0.2) is 0 Å². The van der Waals surface area contributed by atoms with Gasteiger partial charge in [-0.25, -0.2) is 4.39 Å². The minimum atomic E-state index is -0.309. The van der Waals surface area contributed by atoms with Gasteiger partial charge < -0.3 is 5.32 Å². The molecule has 0 aliphatic carbocycles. The second-order valence-electron chi connectivity index (χ2n) is 7.06. The van der Waals surface area contributed by atoms with E-state index >= 15 is 0 Å². The zero-order chi connectivity index (χ0) is 18.8. The predicted octanol–water partition coefficient (Wildman–Crippen LogP) is 4.45. The van der Waals surface area contributed by atoms with E-state index in [1.807, 2.05) is 12.1 Å². The molecule has 1 amide bonds.